The Kier molecular flexibility index (Phi) is 5.50. The van der Waals surface area contributed by atoms with Crippen LogP contribution < -0.4 is 10.1 Å². The van der Waals surface area contributed by atoms with E-state index in [0.717, 1.165) is 0 Å². The third-order valence-electron chi connectivity index (χ3n) is 5.10. The van der Waals surface area contributed by atoms with E-state index in [0.29, 0.717) is 43.8 Å². The lowest BCUT2D eigenvalue weighted by atomic mass is 9.94. The van der Waals surface area contributed by atoms with Gasteiger partial charge in [0.25, 0.3) is 0 Å². The number of ether oxygens (including phenoxy) is 1. The SMILES string of the molecule is COc1cccc(NC(=O)C2CCN(C(=O)C3CCS(=O)(=O)C3)CC2)c1. The van der Waals surface area contributed by atoms with Crippen LogP contribution in [0.4, 0.5) is 5.69 Å². The van der Waals surface area contributed by atoms with Crippen LogP contribution in [0, 0.1) is 11.8 Å². The number of amides is 2. The van der Waals surface area contributed by atoms with Crippen molar-refractivity contribution in [2.75, 3.05) is 37.0 Å². The molecule has 0 aliphatic carbocycles. The average Bonchev–Trinajstić information content (AvgIpc) is 3.01. The van der Waals surface area contributed by atoms with Crippen LogP contribution in [0.2, 0.25) is 0 Å². The summed E-state index contributed by atoms with van der Waals surface area (Å²) in [6, 6.07) is 7.19. The molecule has 2 aliphatic heterocycles. The second-order valence-corrected chi connectivity index (χ2v) is 9.15. The fourth-order valence-electron chi connectivity index (χ4n) is 3.56. The van der Waals surface area contributed by atoms with Crippen LogP contribution in [0.1, 0.15) is 19.3 Å². The number of carbonyl (C=O) groups is 2. The van der Waals surface area contributed by atoms with Gasteiger partial charge in [-0.25, -0.2) is 8.42 Å². The fourth-order valence-corrected chi connectivity index (χ4v) is 5.29. The topological polar surface area (TPSA) is 92.8 Å². The highest BCUT2D eigenvalue weighted by Gasteiger charge is 2.37. The van der Waals surface area contributed by atoms with Gasteiger partial charge in [0.05, 0.1) is 24.5 Å². The molecule has 2 heterocycles. The lowest BCUT2D eigenvalue weighted by molar-refractivity contribution is -0.137. The molecule has 1 atom stereocenters. The zero-order chi connectivity index (χ0) is 18.7. The van der Waals surface area contributed by atoms with Crippen LogP contribution in [-0.4, -0.2) is 56.8 Å². The van der Waals surface area contributed by atoms with Crippen molar-refractivity contribution in [3.63, 3.8) is 0 Å². The summed E-state index contributed by atoms with van der Waals surface area (Å²) < 4.78 is 28.3. The maximum absolute atomic E-state index is 12.5. The van der Waals surface area contributed by atoms with Crippen LogP contribution in [-0.2, 0) is 19.4 Å². The van der Waals surface area contributed by atoms with Gasteiger partial charge in [-0.2, -0.15) is 0 Å². The molecular formula is C18H24N2O5S. The molecular weight excluding hydrogens is 356 g/mol. The summed E-state index contributed by atoms with van der Waals surface area (Å²) in [5.74, 6) is 0.0197. The molecule has 2 amide bonds. The molecule has 2 saturated heterocycles. The standard InChI is InChI=1S/C18H24N2O5S/c1-25-16-4-2-3-15(11-16)19-17(21)13-5-8-20(9-6-13)18(22)14-7-10-26(23,24)12-14/h2-4,11,13-14H,5-10,12H2,1H3,(H,19,21). The Hall–Kier alpha value is -2.09. The van der Waals surface area contributed by atoms with Crippen molar-refractivity contribution in [3.8, 4) is 5.75 Å². The summed E-state index contributed by atoms with van der Waals surface area (Å²) in [6.07, 6.45) is 1.58. The molecule has 1 N–H and O–H groups in total. The van der Waals surface area contributed by atoms with E-state index in [1.54, 1.807) is 24.1 Å². The molecule has 142 valence electrons. The van der Waals surface area contributed by atoms with Gasteiger partial charge in [0.2, 0.25) is 11.8 Å². The summed E-state index contributed by atoms with van der Waals surface area (Å²) in [4.78, 5) is 26.6. The van der Waals surface area contributed by atoms with Crippen LogP contribution in [0.5, 0.6) is 5.75 Å². The quantitative estimate of drug-likeness (QED) is 0.850. The van der Waals surface area contributed by atoms with Gasteiger partial charge in [0, 0.05) is 30.8 Å². The van der Waals surface area contributed by atoms with Crippen molar-refractivity contribution >= 4 is 27.3 Å². The Bertz CT molecular complexity index is 785. The predicted octanol–water partition coefficient (Wildman–Crippen LogP) is 1.31. The molecule has 1 aromatic rings. The Morgan fingerprint density at radius 3 is 2.50 bits per heavy atom. The molecule has 1 unspecified atom stereocenters. The molecule has 3 rings (SSSR count). The molecule has 0 bridgehead atoms. The van der Waals surface area contributed by atoms with Crippen molar-refractivity contribution in [1.82, 2.24) is 4.90 Å². The Balaban J connectivity index is 1.51. The van der Waals surface area contributed by atoms with Gasteiger partial charge in [0.15, 0.2) is 9.84 Å². The number of anilines is 1. The van der Waals surface area contributed by atoms with Gasteiger partial charge >= 0.3 is 0 Å². The molecule has 2 fully saturated rings. The molecule has 1 aromatic carbocycles. The van der Waals surface area contributed by atoms with Crippen LogP contribution in [0.15, 0.2) is 24.3 Å². The summed E-state index contributed by atoms with van der Waals surface area (Å²) >= 11 is 0. The van der Waals surface area contributed by atoms with E-state index < -0.39 is 15.8 Å². The van der Waals surface area contributed by atoms with E-state index in [2.05, 4.69) is 5.32 Å². The van der Waals surface area contributed by atoms with E-state index in [1.165, 1.54) is 0 Å². The molecule has 2 aliphatic rings. The number of carbonyl (C=O) groups excluding carboxylic acids is 2. The molecule has 7 nitrogen and oxygen atoms in total. The number of likely N-dealkylation sites (tertiary alicyclic amines) is 1. The normalized spacial score (nSPS) is 22.8. The minimum Gasteiger partial charge on any atom is -0.497 e. The third kappa shape index (κ3) is 4.35. The first-order chi connectivity index (χ1) is 12.4. The van der Waals surface area contributed by atoms with E-state index in [4.69, 9.17) is 4.74 Å². The monoisotopic (exact) mass is 380 g/mol. The highest BCUT2D eigenvalue weighted by Crippen LogP contribution is 2.25. The van der Waals surface area contributed by atoms with E-state index >= 15 is 0 Å². The van der Waals surface area contributed by atoms with Gasteiger partial charge in [-0.1, -0.05) is 6.07 Å². The highest BCUT2D eigenvalue weighted by atomic mass is 32.2. The second-order valence-electron chi connectivity index (χ2n) is 6.92. The molecule has 0 aromatic heterocycles. The van der Waals surface area contributed by atoms with Gasteiger partial charge in [-0.3, -0.25) is 9.59 Å². The first-order valence-corrected chi connectivity index (χ1v) is 10.6. The number of rotatable bonds is 4. The zero-order valence-electron chi connectivity index (χ0n) is 14.8. The third-order valence-corrected chi connectivity index (χ3v) is 6.86. The van der Waals surface area contributed by atoms with Crippen molar-refractivity contribution in [3.05, 3.63) is 24.3 Å². The maximum atomic E-state index is 12.5. The first-order valence-electron chi connectivity index (χ1n) is 8.82. The largest absolute Gasteiger partial charge is 0.497 e. The number of nitrogens with one attached hydrogen (secondary N) is 1. The van der Waals surface area contributed by atoms with Crippen molar-refractivity contribution in [2.45, 2.75) is 19.3 Å². The van der Waals surface area contributed by atoms with E-state index in [-0.39, 0.29) is 29.2 Å². The number of benzene rings is 1. The Morgan fingerprint density at radius 2 is 1.88 bits per heavy atom. The van der Waals surface area contributed by atoms with E-state index in [1.807, 2.05) is 12.1 Å². The van der Waals surface area contributed by atoms with Gasteiger partial charge in [-0.05, 0) is 31.4 Å². The van der Waals surface area contributed by atoms with Crippen LogP contribution >= 0.6 is 0 Å². The first kappa shape index (κ1) is 18.7. The van der Waals surface area contributed by atoms with E-state index in [9.17, 15) is 18.0 Å². The van der Waals surface area contributed by atoms with Crippen molar-refractivity contribution < 1.29 is 22.7 Å². The summed E-state index contributed by atoms with van der Waals surface area (Å²) in [5, 5.41) is 2.89. The lowest BCUT2D eigenvalue weighted by Crippen LogP contribution is -2.44. The number of hydrogen-bond donors (Lipinski definition) is 1. The number of nitrogens with zero attached hydrogens (tertiary/aromatic N) is 1. The predicted molar refractivity (Wildman–Crippen MR) is 97.7 cm³/mol. The molecule has 0 radical (unpaired) electrons. The maximum Gasteiger partial charge on any atom is 0.227 e. The summed E-state index contributed by atoms with van der Waals surface area (Å²) in [6.45, 7) is 0.983. The van der Waals surface area contributed by atoms with Crippen LogP contribution in [0.3, 0.4) is 0 Å². The molecule has 8 heteroatoms. The lowest BCUT2D eigenvalue weighted by Gasteiger charge is -2.32. The number of piperidine rings is 1. The molecule has 0 spiro atoms. The van der Waals surface area contributed by atoms with Crippen molar-refractivity contribution in [1.29, 1.82) is 0 Å². The fraction of sp³-hybridized carbons (Fsp3) is 0.556. The minimum absolute atomic E-state index is 0.0396. The van der Waals surface area contributed by atoms with Gasteiger partial charge < -0.3 is 15.0 Å². The zero-order valence-corrected chi connectivity index (χ0v) is 15.6. The summed E-state index contributed by atoms with van der Waals surface area (Å²) in [7, 11) is -1.49. The average molecular weight is 380 g/mol. The number of sulfone groups is 1. The van der Waals surface area contributed by atoms with Gasteiger partial charge in [-0.15, -0.1) is 0 Å². The Morgan fingerprint density at radius 1 is 1.15 bits per heavy atom. The number of hydrogen-bond acceptors (Lipinski definition) is 5. The van der Waals surface area contributed by atoms with Crippen molar-refractivity contribution in [2.24, 2.45) is 11.8 Å². The minimum atomic E-state index is -3.07. The smallest absolute Gasteiger partial charge is 0.227 e. The van der Waals surface area contributed by atoms with Gasteiger partial charge in [0.1, 0.15) is 5.75 Å². The Labute approximate surface area is 153 Å². The molecule has 26 heavy (non-hydrogen) atoms. The second kappa shape index (κ2) is 7.65. The van der Waals surface area contributed by atoms with Crippen LogP contribution in [0.25, 0.3) is 0 Å². The molecule has 0 saturated carbocycles. The highest BCUT2D eigenvalue weighted by molar-refractivity contribution is 7.91. The summed E-state index contributed by atoms with van der Waals surface area (Å²) in [5.41, 5.74) is 0.684. The number of methoxy groups -OCH3 is 1.